The number of nitrogens with zero attached hydrogens (tertiary/aromatic N) is 3. The zero-order valence-corrected chi connectivity index (χ0v) is 26.0. The summed E-state index contributed by atoms with van der Waals surface area (Å²) in [6.07, 6.45) is 2.86. The van der Waals surface area contributed by atoms with Gasteiger partial charge in [0.05, 0.1) is 36.4 Å². The number of fused-ring (bicyclic) bond motifs is 3. The zero-order chi connectivity index (χ0) is 33.1. The van der Waals surface area contributed by atoms with Crippen molar-refractivity contribution in [3.63, 3.8) is 0 Å². The molecule has 3 heterocycles. The summed E-state index contributed by atoms with van der Waals surface area (Å²) in [6, 6.07) is 11.2. The van der Waals surface area contributed by atoms with Crippen LogP contribution in [0.25, 0.3) is 10.9 Å². The summed E-state index contributed by atoms with van der Waals surface area (Å²) in [7, 11) is 0. The van der Waals surface area contributed by atoms with Crippen molar-refractivity contribution in [2.45, 2.75) is 19.3 Å². The lowest BCUT2D eigenvalue weighted by atomic mass is 10.0. The van der Waals surface area contributed by atoms with E-state index in [2.05, 4.69) is 30.8 Å². The fourth-order valence-electron chi connectivity index (χ4n) is 5.75. The molecule has 3 aromatic carbocycles. The molecule has 2 amide bonds. The number of aromatic nitrogens is 2. The third-order valence-corrected chi connectivity index (χ3v) is 8.56. The summed E-state index contributed by atoms with van der Waals surface area (Å²) in [5.74, 6) is -0.501. The van der Waals surface area contributed by atoms with E-state index in [1.54, 1.807) is 6.07 Å². The highest BCUT2D eigenvalue weighted by Crippen LogP contribution is 2.48. The van der Waals surface area contributed by atoms with E-state index in [1.165, 1.54) is 42.7 Å². The standard InChI is InChI=1S/C34H34F2N6O6/c35-21-2-4-22(5-3-21)39-32(43)34(8-9-34)33(44)40-23-6-7-25(24(36)18-23)41-31-28-26(37-20-38-31)19-27(29-30(28)48-17-16-47-29)46-13-1-10-42-11-14-45-15-12-42/h2-7,18-20H,1,8-17H2,(H,39,43)(H,40,44)(H,37,38,41). The third kappa shape index (κ3) is 6.66. The molecule has 1 saturated heterocycles. The average Bonchev–Trinajstić information content (AvgIpc) is 3.92. The third-order valence-electron chi connectivity index (χ3n) is 8.56. The van der Waals surface area contributed by atoms with E-state index in [1.807, 2.05) is 0 Å². The van der Waals surface area contributed by atoms with Crippen LogP contribution >= 0.6 is 0 Å². The highest BCUT2D eigenvalue weighted by Gasteiger charge is 2.56. The zero-order valence-electron chi connectivity index (χ0n) is 26.0. The molecule has 2 aliphatic heterocycles. The number of morpholine rings is 1. The molecular weight excluding hydrogens is 626 g/mol. The SMILES string of the molecule is O=C(Nc1ccc(F)cc1)C1(C(=O)Nc2ccc(Nc3ncnc4cc(OCCCN5CCOCC5)c5c(c34)OCCO5)c(F)c2)CC1. The van der Waals surface area contributed by atoms with Crippen molar-refractivity contribution in [3.8, 4) is 17.2 Å². The normalized spacial score (nSPS) is 16.6. The fraction of sp³-hybridized carbons (Fsp3) is 0.353. The van der Waals surface area contributed by atoms with E-state index in [4.69, 9.17) is 18.9 Å². The lowest BCUT2D eigenvalue weighted by Gasteiger charge is -2.26. The van der Waals surface area contributed by atoms with E-state index in [-0.39, 0.29) is 11.4 Å². The number of hydrogen-bond acceptors (Lipinski definition) is 10. The van der Waals surface area contributed by atoms with Gasteiger partial charge in [-0.3, -0.25) is 14.5 Å². The van der Waals surface area contributed by atoms with Crippen LogP contribution in [0.3, 0.4) is 0 Å². The maximum atomic E-state index is 15.4. The minimum atomic E-state index is -1.28. The van der Waals surface area contributed by atoms with Crippen molar-refractivity contribution in [1.82, 2.24) is 14.9 Å². The maximum absolute atomic E-state index is 15.4. The van der Waals surface area contributed by atoms with E-state index in [9.17, 15) is 14.0 Å². The van der Waals surface area contributed by atoms with E-state index in [0.29, 0.717) is 72.3 Å². The molecule has 1 aromatic heterocycles. The Bertz CT molecular complexity index is 1830. The number of benzene rings is 3. The molecule has 0 bridgehead atoms. The quantitative estimate of drug-likeness (QED) is 0.151. The summed E-state index contributed by atoms with van der Waals surface area (Å²) in [5, 5.41) is 8.84. The van der Waals surface area contributed by atoms with Crippen molar-refractivity contribution in [2.24, 2.45) is 5.41 Å². The van der Waals surface area contributed by atoms with Crippen LogP contribution in [0.1, 0.15) is 19.3 Å². The van der Waals surface area contributed by atoms with Gasteiger partial charge in [0.2, 0.25) is 17.6 Å². The van der Waals surface area contributed by atoms with Crippen LogP contribution in [-0.4, -0.2) is 79.4 Å². The van der Waals surface area contributed by atoms with Gasteiger partial charge in [-0.1, -0.05) is 0 Å². The predicted octanol–water partition coefficient (Wildman–Crippen LogP) is 4.88. The molecule has 1 aliphatic carbocycles. The molecule has 3 N–H and O–H groups in total. The van der Waals surface area contributed by atoms with Crippen LogP contribution in [-0.2, 0) is 14.3 Å². The Morgan fingerprint density at radius 3 is 2.31 bits per heavy atom. The topological polar surface area (TPSA) is 136 Å². The Balaban J connectivity index is 1.04. The fourth-order valence-corrected chi connectivity index (χ4v) is 5.75. The molecule has 7 rings (SSSR count). The number of hydrogen-bond donors (Lipinski definition) is 3. The molecule has 2 fully saturated rings. The van der Waals surface area contributed by atoms with Gasteiger partial charge in [0.15, 0.2) is 11.5 Å². The van der Waals surface area contributed by atoms with Crippen molar-refractivity contribution in [2.75, 3.05) is 68.6 Å². The lowest BCUT2D eigenvalue weighted by molar-refractivity contribution is -0.131. The predicted molar refractivity (Wildman–Crippen MR) is 173 cm³/mol. The minimum Gasteiger partial charge on any atom is -0.489 e. The van der Waals surface area contributed by atoms with Crippen molar-refractivity contribution in [1.29, 1.82) is 0 Å². The molecule has 0 radical (unpaired) electrons. The largest absolute Gasteiger partial charge is 0.489 e. The first-order valence-electron chi connectivity index (χ1n) is 15.8. The van der Waals surface area contributed by atoms with Crippen LogP contribution < -0.4 is 30.2 Å². The summed E-state index contributed by atoms with van der Waals surface area (Å²) < 4.78 is 52.2. The van der Waals surface area contributed by atoms with Crippen LogP contribution in [0.2, 0.25) is 0 Å². The van der Waals surface area contributed by atoms with Gasteiger partial charge in [-0.05, 0) is 61.7 Å². The first-order chi connectivity index (χ1) is 23.4. The Labute approximate surface area is 274 Å². The maximum Gasteiger partial charge on any atom is 0.240 e. The van der Waals surface area contributed by atoms with Crippen molar-refractivity contribution >= 4 is 45.6 Å². The van der Waals surface area contributed by atoms with E-state index < -0.39 is 28.9 Å². The van der Waals surface area contributed by atoms with E-state index in [0.717, 1.165) is 45.3 Å². The van der Waals surface area contributed by atoms with Gasteiger partial charge in [0.1, 0.15) is 42.4 Å². The Morgan fingerprint density at radius 1 is 0.875 bits per heavy atom. The molecule has 250 valence electrons. The van der Waals surface area contributed by atoms with Gasteiger partial charge in [0, 0.05) is 37.1 Å². The Morgan fingerprint density at radius 2 is 1.58 bits per heavy atom. The first-order valence-corrected chi connectivity index (χ1v) is 15.8. The number of amides is 2. The number of ether oxygens (including phenoxy) is 4. The number of halogens is 2. The molecule has 12 nitrogen and oxygen atoms in total. The molecule has 0 atom stereocenters. The summed E-state index contributed by atoms with van der Waals surface area (Å²) >= 11 is 0. The van der Waals surface area contributed by atoms with Crippen LogP contribution in [0.15, 0.2) is 54.9 Å². The summed E-state index contributed by atoms with van der Waals surface area (Å²) in [4.78, 5) is 37.1. The number of rotatable bonds is 11. The second-order valence-electron chi connectivity index (χ2n) is 11.8. The van der Waals surface area contributed by atoms with Gasteiger partial charge in [-0.15, -0.1) is 0 Å². The molecule has 4 aromatic rings. The summed E-state index contributed by atoms with van der Waals surface area (Å²) in [6.45, 7) is 5.33. The number of carbonyl (C=O) groups is 2. The van der Waals surface area contributed by atoms with Crippen LogP contribution in [0.4, 0.5) is 31.7 Å². The highest BCUT2D eigenvalue weighted by molar-refractivity contribution is 6.17. The Kier molecular flexibility index (Phi) is 8.91. The average molecular weight is 661 g/mol. The second kappa shape index (κ2) is 13.6. The first kappa shape index (κ1) is 31.5. The molecular formula is C34H34F2N6O6. The van der Waals surface area contributed by atoms with Gasteiger partial charge < -0.3 is 34.9 Å². The molecule has 1 saturated carbocycles. The molecule has 0 spiro atoms. The van der Waals surface area contributed by atoms with Crippen molar-refractivity contribution < 1.29 is 37.3 Å². The second-order valence-corrected chi connectivity index (χ2v) is 11.8. The van der Waals surface area contributed by atoms with Crippen LogP contribution in [0.5, 0.6) is 17.2 Å². The van der Waals surface area contributed by atoms with Crippen LogP contribution in [0, 0.1) is 17.0 Å². The summed E-state index contributed by atoms with van der Waals surface area (Å²) in [5.41, 5.74) is -0.106. The van der Waals surface area contributed by atoms with Gasteiger partial charge in [0.25, 0.3) is 0 Å². The minimum absolute atomic E-state index is 0.0945. The molecule has 14 heteroatoms. The molecule has 48 heavy (non-hydrogen) atoms. The van der Waals surface area contributed by atoms with Gasteiger partial charge in [-0.2, -0.15) is 0 Å². The number of carbonyl (C=O) groups excluding carboxylic acids is 2. The van der Waals surface area contributed by atoms with Gasteiger partial charge >= 0.3 is 0 Å². The Hall–Kier alpha value is -5.08. The van der Waals surface area contributed by atoms with Gasteiger partial charge in [-0.25, -0.2) is 18.7 Å². The number of anilines is 4. The monoisotopic (exact) mass is 660 g/mol. The number of nitrogens with one attached hydrogen (secondary N) is 3. The molecule has 0 unspecified atom stereocenters. The smallest absolute Gasteiger partial charge is 0.240 e. The molecule has 3 aliphatic rings. The lowest BCUT2D eigenvalue weighted by Crippen LogP contribution is -2.37. The highest BCUT2D eigenvalue weighted by atomic mass is 19.1. The van der Waals surface area contributed by atoms with Crippen molar-refractivity contribution in [3.05, 3.63) is 66.5 Å². The van der Waals surface area contributed by atoms with E-state index >= 15 is 4.39 Å².